The van der Waals surface area contributed by atoms with Crippen LogP contribution in [0.5, 0.6) is 0 Å². The van der Waals surface area contributed by atoms with Gasteiger partial charge >= 0.3 is 0 Å². The van der Waals surface area contributed by atoms with Crippen LogP contribution in [0.2, 0.25) is 0 Å². The van der Waals surface area contributed by atoms with Crippen molar-refractivity contribution >= 4 is 17.7 Å². The molecular weight excluding hydrogens is 256 g/mol. The Morgan fingerprint density at radius 3 is 2.78 bits per heavy atom. The minimum atomic E-state index is -1.39. The average Bonchev–Trinajstić information content (AvgIpc) is 2.37. The van der Waals surface area contributed by atoms with E-state index in [0.717, 1.165) is 6.20 Å². The van der Waals surface area contributed by atoms with Crippen LogP contribution >= 0.6 is 11.8 Å². The number of carbonyl (C=O) groups excluding carboxylic acids is 1. The number of rotatable bonds is 6. The highest BCUT2D eigenvalue weighted by Gasteiger charge is 2.18. The fourth-order valence-corrected chi connectivity index (χ4v) is 1.71. The molecule has 0 unspecified atom stereocenters. The fourth-order valence-electron chi connectivity index (χ4n) is 1.21. The van der Waals surface area contributed by atoms with Gasteiger partial charge in [-0.15, -0.1) is 6.42 Å². The van der Waals surface area contributed by atoms with Crippen molar-refractivity contribution in [1.82, 2.24) is 9.97 Å². The third-order valence-corrected chi connectivity index (χ3v) is 2.72. The lowest BCUT2D eigenvalue weighted by Gasteiger charge is -2.17. The molecule has 0 aliphatic rings. The Bertz CT molecular complexity index is 469. The maximum atomic E-state index is 10.9. The van der Waals surface area contributed by atoms with E-state index in [0.29, 0.717) is 10.9 Å². The number of nitrogens with zero attached hydrogens (tertiary/aromatic N) is 2. The number of carboxylic acids is 1. The Kier molecular flexibility index (Phi) is 5.58. The molecule has 6 nitrogen and oxygen atoms in total. The Labute approximate surface area is 109 Å². The first kappa shape index (κ1) is 14.4. The summed E-state index contributed by atoms with van der Waals surface area (Å²) in [6, 6.07) is 0. The molecule has 0 saturated carbocycles. The van der Waals surface area contributed by atoms with Gasteiger partial charge in [-0.1, -0.05) is 17.7 Å². The zero-order valence-electron chi connectivity index (χ0n) is 9.87. The minimum absolute atomic E-state index is 0.106. The van der Waals surface area contributed by atoms with E-state index < -0.39 is 12.3 Å². The van der Waals surface area contributed by atoms with Crippen molar-refractivity contribution in [3.8, 4) is 12.3 Å². The first-order valence-corrected chi connectivity index (χ1v) is 5.82. The van der Waals surface area contributed by atoms with Gasteiger partial charge in [0.15, 0.2) is 5.16 Å². The van der Waals surface area contributed by atoms with Gasteiger partial charge in [0, 0.05) is 26.0 Å². The van der Waals surface area contributed by atoms with Gasteiger partial charge in [0.05, 0.1) is 11.7 Å². The molecule has 0 aromatic carbocycles. The van der Waals surface area contributed by atoms with E-state index >= 15 is 0 Å². The van der Waals surface area contributed by atoms with Crippen molar-refractivity contribution in [3.63, 3.8) is 0 Å². The monoisotopic (exact) mass is 267 g/mol. The van der Waals surface area contributed by atoms with Crippen LogP contribution < -0.4 is 5.11 Å². The molecule has 1 heterocycles. The zero-order chi connectivity index (χ0) is 13.5. The van der Waals surface area contributed by atoms with E-state index in [1.54, 1.807) is 0 Å². The topological polar surface area (TPSA) is 84.4 Å². The average molecular weight is 267 g/mol. The van der Waals surface area contributed by atoms with E-state index in [9.17, 15) is 9.90 Å². The summed E-state index contributed by atoms with van der Waals surface area (Å²) in [5.41, 5.74) is -0.0664. The van der Waals surface area contributed by atoms with E-state index in [1.165, 1.54) is 26.0 Å². The highest BCUT2D eigenvalue weighted by atomic mass is 32.2. The molecular formula is C11H11N2O4S-. The Hall–Kier alpha value is -1.62. The fraction of sp³-hybridized carbons (Fsp3) is 0.364. The molecule has 1 rings (SSSR count). The SMILES string of the molecule is C#CCSc1ncc(C(=O)[O-])c(C(OC)OC)n1. The number of thioether (sulfide) groups is 1. The van der Waals surface area contributed by atoms with Crippen LogP contribution in [0.15, 0.2) is 11.4 Å². The van der Waals surface area contributed by atoms with E-state index in [-0.39, 0.29) is 11.3 Å². The Balaban J connectivity index is 3.15. The van der Waals surface area contributed by atoms with Gasteiger partial charge in [-0.3, -0.25) is 0 Å². The summed E-state index contributed by atoms with van der Waals surface area (Å²) >= 11 is 1.21. The number of aromatic carboxylic acids is 1. The molecule has 0 aliphatic carbocycles. The summed E-state index contributed by atoms with van der Waals surface area (Å²) in [6.07, 6.45) is 5.38. The van der Waals surface area contributed by atoms with Gasteiger partial charge in [-0.25, -0.2) is 9.97 Å². The zero-order valence-corrected chi connectivity index (χ0v) is 10.7. The largest absolute Gasteiger partial charge is 0.545 e. The lowest BCUT2D eigenvalue weighted by Crippen LogP contribution is -2.26. The van der Waals surface area contributed by atoms with Gasteiger partial charge in [0.2, 0.25) is 6.29 Å². The van der Waals surface area contributed by atoms with Gasteiger partial charge < -0.3 is 19.4 Å². The summed E-state index contributed by atoms with van der Waals surface area (Å²) in [5, 5.41) is 11.3. The molecule has 0 atom stereocenters. The van der Waals surface area contributed by atoms with Crippen LogP contribution in [0.4, 0.5) is 0 Å². The van der Waals surface area contributed by atoms with E-state index in [4.69, 9.17) is 15.9 Å². The normalized spacial score (nSPS) is 10.3. The second-order valence-corrected chi connectivity index (χ2v) is 3.98. The molecule has 0 aliphatic heterocycles. The predicted octanol–water partition coefficient (Wildman–Crippen LogP) is -0.143. The van der Waals surface area contributed by atoms with Crippen LogP contribution in [0, 0.1) is 12.3 Å². The molecule has 0 radical (unpaired) electrons. The first-order chi connectivity index (χ1) is 8.63. The summed E-state index contributed by atoms with van der Waals surface area (Å²) in [4.78, 5) is 18.9. The standard InChI is InChI=1S/C11H12N2O4S/c1-4-5-18-11-12-6-7(9(14)15)8(13-11)10(16-2)17-3/h1,6,10H,5H2,2-3H3,(H,14,15)/p-1. The van der Waals surface area contributed by atoms with Crippen molar-refractivity contribution in [1.29, 1.82) is 0 Å². The predicted molar refractivity (Wildman–Crippen MR) is 62.7 cm³/mol. The van der Waals surface area contributed by atoms with Crippen molar-refractivity contribution in [3.05, 3.63) is 17.5 Å². The van der Waals surface area contributed by atoms with Crippen molar-refractivity contribution < 1.29 is 19.4 Å². The van der Waals surface area contributed by atoms with Crippen molar-refractivity contribution in [2.24, 2.45) is 0 Å². The molecule has 0 amide bonds. The molecule has 18 heavy (non-hydrogen) atoms. The molecule has 0 N–H and O–H groups in total. The maximum Gasteiger partial charge on any atom is 0.201 e. The molecule has 0 spiro atoms. The number of methoxy groups -OCH3 is 2. The molecule has 1 aromatic rings. The second-order valence-electron chi connectivity index (χ2n) is 3.04. The third-order valence-electron chi connectivity index (χ3n) is 1.95. The maximum absolute atomic E-state index is 10.9. The van der Waals surface area contributed by atoms with Gasteiger partial charge in [-0.05, 0) is 0 Å². The van der Waals surface area contributed by atoms with Gasteiger partial charge in [-0.2, -0.15) is 0 Å². The summed E-state index contributed by atoms with van der Waals surface area (Å²) < 4.78 is 9.97. The Morgan fingerprint density at radius 2 is 2.28 bits per heavy atom. The molecule has 7 heteroatoms. The molecule has 0 fully saturated rings. The lowest BCUT2D eigenvalue weighted by atomic mass is 10.2. The summed E-state index contributed by atoms with van der Waals surface area (Å²) in [6.45, 7) is 0. The van der Waals surface area contributed by atoms with Crippen LogP contribution in [-0.2, 0) is 9.47 Å². The smallest absolute Gasteiger partial charge is 0.201 e. The second kappa shape index (κ2) is 6.96. The lowest BCUT2D eigenvalue weighted by molar-refractivity contribution is -0.255. The van der Waals surface area contributed by atoms with Crippen LogP contribution in [0.1, 0.15) is 22.3 Å². The van der Waals surface area contributed by atoms with Crippen LogP contribution in [0.25, 0.3) is 0 Å². The quantitative estimate of drug-likeness (QED) is 0.307. The van der Waals surface area contributed by atoms with E-state index in [2.05, 4.69) is 15.9 Å². The number of hydrogen-bond donors (Lipinski definition) is 0. The number of aromatic nitrogens is 2. The first-order valence-electron chi connectivity index (χ1n) is 4.84. The number of hydrogen-bond acceptors (Lipinski definition) is 7. The number of carbonyl (C=O) groups is 1. The molecule has 0 saturated heterocycles. The molecule has 96 valence electrons. The van der Waals surface area contributed by atoms with Crippen LogP contribution in [-0.4, -0.2) is 35.9 Å². The van der Waals surface area contributed by atoms with Gasteiger partial charge in [0.1, 0.15) is 5.69 Å². The highest BCUT2D eigenvalue weighted by Crippen LogP contribution is 2.22. The number of carboxylic acid groups (broad SMARTS) is 1. The Morgan fingerprint density at radius 1 is 1.61 bits per heavy atom. The van der Waals surface area contributed by atoms with Crippen LogP contribution in [0.3, 0.4) is 0 Å². The summed E-state index contributed by atoms with van der Waals surface area (Å²) in [7, 11) is 2.76. The summed E-state index contributed by atoms with van der Waals surface area (Å²) in [5.74, 6) is 1.41. The molecule has 0 bridgehead atoms. The van der Waals surface area contributed by atoms with E-state index in [1.807, 2.05) is 0 Å². The number of terminal acetylenes is 1. The highest BCUT2D eigenvalue weighted by molar-refractivity contribution is 7.99. The molecule has 1 aromatic heterocycles. The van der Waals surface area contributed by atoms with Crippen molar-refractivity contribution in [2.45, 2.75) is 11.4 Å². The third kappa shape index (κ3) is 3.43. The van der Waals surface area contributed by atoms with Crippen molar-refractivity contribution in [2.75, 3.05) is 20.0 Å². The minimum Gasteiger partial charge on any atom is -0.545 e. The van der Waals surface area contributed by atoms with Gasteiger partial charge in [0.25, 0.3) is 0 Å². The number of ether oxygens (including phenoxy) is 2.